The molecule has 10 heteroatoms. The lowest BCUT2D eigenvalue weighted by molar-refractivity contribution is 0.0693. The minimum absolute atomic E-state index is 0.0114. The average molecular weight is 554 g/mol. The molecular formula is C29H32FN3O5S. The molecule has 0 aromatic heterocycles. The topological polar surface area (TPSA) is 101 Å². The van der Waals surface area contributed by atoms with E-state index in [0.717, 1.165) is 16.9 Å². The third kappa shape index (κ3) is 5.44. The number of carbonyl (C=O) groups is 1. The maximum Gasteiger partial charge on any atom is 0.339 e. The number of benzene rings is 3. The Morgan fingerprint density at radius 2 is 1.54 bits per heavy atom. The van der Waals surface area contributed by atoms with Crippen molar-refractivity contribution in [2.45, 2.75) is 37.6 Å². The maximum atomic E-state index is 15.3. The number of carboxylic acids is 1. The van der Waals surface area contributed by atoms with Gasteiger partial charge in [0.1, 0.15) is 22.4 Å². The summed E-state index contributed by atoms with van der Waals surface area (Å²) in [6, 6.07) is 18.5. The summed E-state index contributed by atoms with van der Waals surface area (Å²) in [4.78, 5) is 15.2. The first-order chi connectivity index (χ1) is 18.6. The van der Waals surface area contributed by atoms with Gasteiger partial charge >= 0.3 is 5.97 Å². The van der Waals surface area contributed by atoms with Crippen molar-refractivity contribution in [3.63, 3.8) is 0 Å². The van der Waals surface area contributed by atoms with Gasteiger partial charge in [0.25, 0.3) is 0 Å². The number of sulfonamides is 1. The molecule has 0 amide bonds. The number of carboxylic acid groups (broad SMARTS) is 1. The average Bonchev–Trinajstić information content (AvgIpc) is 2.92. The number of anilines is 2. The Kier molecular flexibility index (Phi) is 7.51. The smallest absolute Gasteiger partial charge is 0.339 e. The van der Waals surface area contributed by atoms with Crippen molar-refractivity contribution in [2.75, 3.05) is 36.0 Å². The first-order valence-electron chi connectivity index (χ1n) is 13.1. The highest BCUT2D eigenvalue weighted by atomic mass is 32.2. The van der Waals surface area contributed by atoms with Crippen LogP contribution in [0.25, 0.3) is 0 Å². The Hall–Kier alpha value is -3.63. The summed E-state index contributed by atoms with van der Waals surface area (Å²) in [6.07, 6.45) is 1.25. The van der Waals surface area contributed by atoms with Crippen LogP contribution in [-0.2, 0) is 16.6 Å². The van der Waals surface area contributed by atoms with Gasteiger partial charge in [-0.2, -0.15) is 4.31 Å². The predicted octanol–water partition coefficient (Wildman–Crippen LogP) is 4.61. The molecule has 2 heterocycles. The molecule has 3 aromatic carbocycles. The van der Waals surface area contributed by atoms with Gasteiger partial charge in [-0.3, -0.25) is 0 Å². The number of rotatable bonds is 6. The normalized spacial score (nSPS) is 21.6. The predicted molar refractivity (Wildman–Crippen MR) is 148 cm³/mol. The molecule has 2 atom stereocenters. The molecule has 8 nitrogen and oxygen atoms in total. The molecular weight excluding hydrogens is 521 g/mol. The number of hydrogen-bond acceptors (Lipinski definition) is 6. The van der Waals surface area contributed by atoms with Crippen LogP contribution < -0.4 is 9.80 Å². The monoisotopic (exact) mass is 553 g/mol. The van der Waals surface area contributed by atoms with Crippen molar-refractivity contribution < 1.29 is 27.8 Å². The van der Waals surface area contributed by atoms with Crippen LogP contribution in [0, 0.1) is 5.82 Å². The number of halogens is 1. The quantitative estimate of drug-likeness (QED) is 0.460. The van der Waals surface area contributed by atoms with E-state index >= 15 is 4.39 Å². The van der Waals surface area contributed by atoms with E-state index in [1.54, 1.807) is 12.1 Å². The van der Waals surface area contributed by atoms with Crippen LogP contribution in [-0.4, -0.2) is 61.1 Å². The van der Waals surface area contributed by atoms with Gasteiger partial charge in [0.2, 0.25) is 10.0 Å². The lowest BCUT2D eigenvalue weighted by atomic mass is 10.0. The highest BCUT2D eigenvalue weighted by molar-refractivity contribution is 7.89. The molecule has 206 valence electrons. The van der Waals surface area contributed by atoms with Crippen LogP contribution in [0.1, 0.15) is 46.5 Å². The Morgan fingerprint density at radius 1 is 0.923 bits per heavy atom. The van der Waals surface area contributed by atoms with E-state index in [1.165, 1.54) is 22.5 Å². The molecule has 2 N–H and O–H groups in total. The first-order valence-corrected chi connectivity index (χ1v) is 14.6. The van der Waals surface area contributed by atoms with Crippen LogP contribution in [0.4, 0.5) is 15.8 Å². The van der Waals surface area contributed by atoms with Gasteiger partial charge in [0.05, 0.1) is 0 Å². The van der Waals surface area contributed by atoms with E-state index < -0.39 is 27.1 Å². The number of hydrogen-bond donors (Lipinski definition) is 2. The summed E-state index contributed by atoms with van der Waals surface area (Å²) in [6.45, 7) is 4.30. The molecule has 39 heavy (non-hydrogen) atoms. The molecule has 0 saturated carbocycles. The second kappa shape index (κ2) is 10.9. The number of aromatic carboxylic acids is 1. The van der Waals surface area contributed by atoms with Crippen molar-refractivity contribution in [3.05, 3.63) is 89.2 Å². The van der Waals surface area contributed by atoms with E-state index in [-0.39, 0.29) is 23.9 Å². The van der Waals surface area contributed by atoms with Crippen molar-refractivity contribution in [1.82, 2.24) is 4.31 Å². The molecule has 2 saturated heterocycles. The Morgan fingerprint density at radius 3 is 2.13 bits per heavy atom. The molecule has 2 aliphatic rings. The third-order valence-corrected chi connectivity index (χ3v) is 10.2. The summed E-state index contributed by atoms with van der Waals surface area (Å²) in [7, 11) is -3.65. The van der Waals surface area contributed by atoms with Gasteiger partial charge in [0.15, 0.2) is 0 Å². The molecule has 0 radical (unpaired) electrons. The van der Waals surface area contributed by atoms with E-state index in [9.17, 15) is 18.3 Å². The molecule has 0 bridgehead atoms. The van der Waals surface area contributed by atoms with Gasteiger partial charge in [-0.25, -0.2) is 17.6 Å². The fraction of sp³-hybridized carbons (Fsp3) is 0.345. The summed E-state index contributed by atoms with van der Waals surface area (Å²) < 4.78 is 43.8. The van der Waals surface area contributed by atoms with Crippen LogP contribution in [0.15, 0.2) is 66.7 Å². The number of nitrogens with zero attached hydrogens (tertiary/aromatic N) is 3. The van der Waals surface area contributed by atoms with E-state index in [4.69, 9.17) is 5.11 Å². The van der Waals surface area contributed by atoms with E-state index in [0.29, 0.717) is 44.6 Å². The van der Waals surface area contributed by atoms with Gasteiger partial charge < -0.3 is 20.0 Å². The van der Waals surface area contributed by atoms with Crippen LogP contribution in [0.2, 0.25) is 0 Å². The Balaban J connectivity index is 1.26. The summed E-state index contributed by atoms with van der Waals surface area (Å²) in [5, 5.41) is 18.5. The van der Waals surface area contributed by atoms with Crippen LogP contribution >= 0.6 is 0 Å². The standard InChI is InChI=1S/C29H32FN3O5S/c1-20-7-12-28(21-5-3-2-4-6-21)39(37,38)33(20)19-22-8-9-23(17-26(22)30)31-13-15-32(16-14-31)24-10-11-25(29(35)36)27(34)18-24/h2-6,8-11,17-18,20,28,34H,7,12-16,19H2,1H3,(H,35,36)/t20-,28-/m0/s1. The van der Waals surface area contributed by atoms with E-state index in [1.807, 2.05) is 48.2 Å². The fourth-order valence-electron chi connectivity index (χ4n) is 5.50. The van der Waals surface area contributed by atoms with Crippen molar-refractivity contribution >= 4 is 27.4 Å². The van der Waals surface area contributed by atoms with Crippen molar-refractivity contribution in [2.24, 2.45) is 0 Å². The zero-order valence-electron chi connectivity index (χ0n) is 21.7. The number of phenols is 1. The lowest BCUT2D eigenvalue weighted by Gasteiger charge is -2.38. The Labute approximate surface area is 228 Å². The molecule has 2 aliphatic heterocycles. The second-order valence-corrected chi connectivity index (χ2v) is 12.2. The molecule has 3 aromatic rings. The fourth-order valence-corrected chi connectivity index (χ4v) is 7.69. The molecule has 5 rings (SSSR count). The van der Waals surface area contributed by atoms with E-state index in [2.05, 4.69) is 4.90 Å². The zero-order valence-corrected chi connectivity index (χ0v) is 22.5. The molecule has 0 spiro atoms. The summed E-state index contributed by atoms with van der Waals surface area (Å²) in [5.74, 6) is -1.90. The lowest BCUT2D eigenvalue weighted by Crippen LogP contribution is -2.46. The molecule has 2 fully saturated rings. The number of aromatic hydroxyl groups is 1. The maximum absolute atomic E-state index is 15.3. The zero-order chi connectivity index (χ0) is 27.7. The minimum atomic E-state index is -3.65. The van der Waals surface area contributed by atoms with Gasteiger partial charge in [-0.1, -0.05) is 36.4 Å². The first kappa shape index (κ1) is 27.0. The summed E-state index contributed by atoms with van der Waals surface area (Å²) >= 11 is 0. The van der Waals surface area contributed by atoms with Crippen LogP contribution in [0.3, 0.4) is 0 Å². The molecule has 0 aliphatic carbocycles. The number of piperazine rings is 1. The molecule has 0 unspecified atom stereocenters. The van der Waals surface area contributed by atoms with Gasteiger partial charge in [-0.15, -0.1) is 0 Å². The highest BCUT2D eigenvalue weighted by Crippen LogP contribution is 2.38. The van der Waals surface area contributed by atoms with Gasteiger partial charge in [0, 0.05) is 61.8 Å². The van der Waals surface area contributed by atoms with Crippen LogP contribution in [0.5, 0.6) is 5.75 Å². The summed E-state index contributed by atoms with van der Waals surface area (Å²) in [5.41, 5.74) is 2.41. The Bertz CT molecular complexity index is 1460. The van der Waals surface area contributed by atoms with Gasteiger partial charge in [-0.05, 0) is 49.6 Å². The SMILES string of the molecule is C[C@H]1CC[C@@H](c2ccccc2)S(=O)(=O)N1Cc1ccc(N2CCN(c3ccc(C(=O)O)c(O)c3)CC2)cc1F. The minimum Gasteiger partial charge on any atom is -0.507 e. The third-order valence-electron chi connectivity index (χ3n) is 7.78. The highest BCUT2D eigenvalue weighted by Gasteiger charge is 2.40. The largest absolute Gasteiger partial charge is 0.507 e. The second-order valence-electron chi connectivity index (χ2n) is 10.2. The van der Waals surface area contributed by atoms with Crippen molar-refractivity contribution in [3.8, 4) is 5.75 Å². The van der Waals surface area contributed by atoms with Crippen molar-refractivity contribution in [1.29, 1.82) is 0 Å².